The van der Waals surface area contributed by atoms with Crippen LogP contribution in [-0.2, 0) is 6.61 Å². The Bertz CT molecular complexity index is 1050. The monoisotopic (exact) mass is 449 g/mol. The predicted molar refractivity (Wildman–Crippen MR) is 125 cm³/mol. The van der Waals surface area contributed by atoms with Gasteiger partial charge in [-0.3, -0.25) is 25.8 Å². The Morgan fingerprint density at radius 3 is 1.91 bits per heavy atom. The Hall–Kier alpha value is -3.91. The van der Waals surface area contributed by atoms with E-state index in [1.807, 2.05) is 37.3 Å². The molecule has 0 heterocycles. The molecule has 32 heavy (non-hydrogen) atoms. The maximum Gasteiger partial charge on any atom is 0.269 e. The van der Waals surface area contributed by atoms with Gasteiger partial charge in [-0.25, -0.2) is 0 Å². The van der Waals surface area contributed by atoms with Gasteiger partial charge in [-0.2, -0.15) is 0 Å². The summed E-state index contributed by atoms with van der Waals surface area (Å²) in [6.45, 7) is 2.87. The summed E-state index contributed by atoms with van der Waals surface area (Å²) in [5.74, 6) is 0.516. The summed E-state index contributed by atoms with van der Waals surface area (Å²) in [5.41, 5.74) is 6.85. The van der Waals surface area contributed by atoms with Crippen molar-refractivity contribution >= 4 is 29.1 Å². The van der Waals surface area contributed by atoms with E-state index in [0.29, 0.717) is 35.8 Å². The molecular formula is C24H23N3O4S. The Kier molecular flexibility index (Phi) is 8.16. The molecular weight excluding hydrogens is 426 g/mol. The van der Waals surface area contributed by atoms with Gasteiger partial charge in [0.25, 0.3) is 11.8 Å². The van der Waals surface area contributed by atoms with Crippen LogP contribution in [0.4, 0.5) is 0 Å². The number of hydrazine groups is 1. The van der Waals surface area contributed by atoms with E-state index in [1.165, 1.54) is 0 Å². The molecule has 0 saturated heterocycles. The second-order valence-corrected chi connectivity index (χ2v) is 7.03. The van der Waals surface area contributed by atoms with Crippen LogP contribution in [-0.4, -0.2) is 23.5 Å². The molecule has 7 nitrogen and oxygen atoms in total. The second-order valence-electron chi connectivity index (χ2n) is 6.62. The quantitative estimate of drug-likeness (QED) is 0.377. The fourth-order valence-electron chi connectivity index (χ4n) is 2.70. The van der Waals surface area contributed by atoms with Crippen LogP contribution >= 0.6 is 12.2 Å². The average Bonchev–Trinajstić information content (AvgIpc) is 2.83. The van der Waals surface area contributed by atoms with Crippen molar-refractivity contribution in [3.8, 4) is 11.5 Å². The fourth-order valence-corrected chi connectivity index (χ4v) is 2.85. The molecule has 0 aliphatic rings. The van der Waals surface area contributed by atoms with Crippen molar-refractivity contribution < 1.29 is 19.1 Å². The lowest BCUT2D eigenvalue weighted by Gasteiger charge is -2.11. The van der Waals surface area contributed by atoms with E-state index in [-0.39, 0.29) is 5.11 Å². The van der Waals surface area contributed by atoms with Gasteiger partial charge in [0.15, 0.2) is 5.11 Å². The van der Waals surface area contributed by atoms with Crippen LogP contribution in [0.1, 0.15) is 33.2 Å². The number of carbonyl (C=O) groups excluding carboxylic acids is 2. The highest BCUT2D eigenvalue weighted by Gasteiger charge is 2.10. The van der Waals surface area contributed by atoms with E-state index in [9.17, 15) is 9.59 Å². The number of carbonyl (C=O) groups is 2. The Balaban J connectivity index is 1.44. The summed E-state index contributed by atoms with van der Waals surface area (Å²) in [6.07, 6.45) is 0. The highest BCUT2D eigenvalue weighted by molar-refractivity contribution is 7.80. The summed E-state index contributed by atoms with van der Waals surface area (Å²) < 4.78 is 11.1. The number of amides is 2. The number of benzene rings is 3. The van der Waals surface area contributed by atoms with Crippen molar-refractivity contribution in [3.05, 3.63) is 95.6 Å². The van der Waals surface area contributed by atoms with E-state index < -0.39 is 11.8 Å². The highest BCUT2D eigenvalue weighted by atomic mass is 32.1. The molecule has 0 aliphatic heterocycles. The predicted octanol–water partition coefficient (Wildman–Crippen LogP) is 3.61. The zero-order valence-electron chi connectivity index (χ0n) is 17.5. The molecule has 0 radical (unpaired) electrons. The van der Waals surface area contributed by atoms with Crippen molar-refractivity contribution in [2.45, 2.75) is 13.5 Å². The fraction of sp³-hybridized carbons (Fsp3) is 0.125. The van der Waals surface area contributed by atoms with Crippen molar-refractivity contribution in [2.75, 3.05) is 6.61 Å². The largest absolute Gasteiger partial charge is 0.494 e. The van der Waals surface area contributed by atoms with E-state index in [4.69, 9.17) is 21.7 Å². The minimum atomic E-state index is -0.405. The van der Waals surface area contributed by atoms with Gasteiger partial charge < -0.3 is 9.47 Å². The third-order valence-corrected chi connectivity index (χ3v) is 4.51. The Labute approximate surface area is 191 Å². The molecule has 0 unspecified atom stereocenters. The van der Waals surface area contributed by atoms with Gasteiger partial charge in [-0.1, -0.05) is 30.3 Å². The minimum Gasteiger partial charge on any atom is -0.494 e. The maximum atomic E-state index is 12.3. The van der Waals surface area contributed by atoms with Crippen LogP contribution in [0.15, 0.2) is 78.9 Å². The molecule has 3 N–H and O–H groups in total. The zero-order valence-corrected chi connectivity index (χ0v) is 18.3. The molecule has 0 aliphatic carbocycles. The smallest absolute Gasteiger partial charge is 0.269 e. The van der Waals surface area contributed by atoms with Gasteiger partial charge in [0.05, 0.1) is 6.61 Å². The lowest BCUT2D eigenvalue weighted by Crippen LogP contribution is -2.48. The number of nitrogens with one attached hydrogen (secondary N) is 3. The third kappa shape index (κ3) is 6.82. The standard InChI is InChI=1S/C24H23N3O4S/c1-2-30-20-12-8-18(9-13-20)22(28)25-24(32)27-26-23(29)19-10-14-21(15-11-19)31-16-17-6-4-3-5-7-17/h3-15H,2,16H2,1H3,(H,26,29)(H2,25,27,28,32). The lowest BCUT2D eigenvalue weighted by molar-refractivity contribution is 0.0934. The Morgan fingerprint density at radius 1 is 0.750 bits per heavy atom. The summed E-state index contributed by atoms with van der Waals surface area (Å²) in [6, 6.07) is 23.2. The average molecular weight is 450 g/mol. The van der Waals surface area contributed by atoms with Gasteiger partial charge in [-0.15, -0.1) is 0 Å². The molecule has 0 aromatic heterocycles. The normalized spacial score (nSPS) is 10.0. The van der Waals surface area contributed by atoms with Crippen LogP contribution < -0.4 is 25.6 Å². The van der Waals surface area contributed by atoms with Crippen LogP contribution in [0.3, 0.4) is 0 Å². The molecule has 2 amide bonds. The van der Waals surface area contributed by atoms with Crippen molar-refractivity contribution in [3.63, 3.8) is 0 Å². The van der Waals surface area contributed by atoms with Crippen LogP contribution in [0.2, 0.25) is 0 Å². The van der Waals surface area contributed by atoms with Gasteiger partial charge in [-0.05, 0) is 73.2 Å². The van der Waals surface area contributed by atoms with Gasteiger partial charge in [0, 0.05) is 11.1 Å². The van der Waals surface area contributed by atoms with Gasteiger partial charge in [0.1, 0.15) is 18.1 Å². The molecule has 0 saturated carbocycles. The number of thiocarbonyl (C=S) groups is 1. The summed E-state index contributed by atoms with van der Waals surface area (Å²) in [4.78, 5) is 24.5. The first-order valence-electron chi connectivity index (χ1n) is 9.96. The lowest BCUT2D eigenvalue weighted by atomic mass is 10.2. The molecule has 3 aromatic rings. The molecule has 0 bridgehead atoms. The summed E-state index contributed by atoms with van der Waals surface area (Å²) in [5, 5.41) is 2.47. The van der Waals surface area contributed by atoms with Crippen molar-refractivity contribution in [1.29, 1.82) is 0 Å². The van der Waals surface area contributed by atoms with Crippen molar-refractivity contribution in [1.82, 2.24) is 16.2 Å². The van der Waals surface area contributed by atoms with Crippen molar-refractivity contribution in [2.24, 2.45) is 0 Å². The van der Waals surface area contributed by atoms with Gasteiger partial charge >= 0.3 is 0 Å². The number of hydrogen-bond donors (Lipinski definition) is 3. The van der Waals surface area contributed by atoms with Crippen LogP contribution in [0.25, 0.3) is 0 Å². The highest BCUT2D eigenvalue weighted by Crippen LogP contribution is 2.14. The minimum absolute atomic E-state index is 0.0277. The number of rotatable bonds is 7. The molecule has 3 rings (SSSR count). The van der Waals surface area contributed by atoms with E-state index >= 15 is 0 Å². The summed E-state index contributed by atoms with van der Waals surface area (Å²) >= 11 is 5.07. The molecule has 164 valence electrons. The van der Waals surface area contributed by atoms with Gasteiger partial charge in [0.2, 0.25) is 0 Å². The summed E-state index contributed by atoms with van der Waals surface area (Å²) in [7, 11) is 0. The zero-order chi connectivity index (χ0) is 22.8. The number of ether oxygens (including phenoxy) is 2. The SMILES string of the molecule is CCOc1ccc(C(=O)NC(=S)NNC(=O)c2ccc(OCc3ccccc3)cc2)cc1. The molecule has 3 aromatic carbocycles. The van der Waals surface area contributed by atoms with E-state index in [1.54, 1.807) is 48.5 Å². The molecule has 8 heteroatoms. The Morgan fingerprint density at radius 2 is 1.31 bits per heavy atom. The third-order valence-electron chi connectivity index (χ3n) is 4.31. The van der Waals surface area contributed by atoms with Crippen LogP contribution in [0, 0.1) is 0 Å². The van der Waals surface area contributed by atoms with E-state index in [0.717, 1.165) is 5.56 Å². The first-order valence-corrected chi connectivity index (χ1v) is 10.4. The molecule has 0 atom stereocenters. The molecule has 0 spiro atoms. The first kappa shape index (κ1) is 22.8. The second kappa shape index (κ2) is 11.5. The number of hydrogen-bond acceptors (Lipinski definition) is 5. The van der Waals surface area contributed by atoms with E-state index in [2.05, 4.69) is 16.2 Å². The van der Waals surface area contributed by atoms with Crippen LogP contribution in [0.5, 0.6) is 11.5 Å². The first-order chi connectivity index (χ1) is 15.5. The maximum absolute atomic E-state index is 12.3. The topological polar surface area (TPSA) is 88.7 Å². The molecule has 0 fully saturated rings.